The summed E-state index contributed by atoms with van der Waals surface area (Å²) in [6.07, 6.45) is -7.78. The number of alkyl halides is 17. The zero-order chi connectivity index (χ0) is 25.2. The quantitative estimate of drug-likeness (QED) is 0.181. The van der Waals surface area contributed by atoms with Crippen molar-refractivity contribution in [1.29, 1.82) is 0 Å². The first kappa shape index (κ1) is 29.1. The van der Waals surface area contributed by atoms with E-state index in [4.69, 9.17) is 11.1 Å². The molecule has 1 atom stereocenters. The van der Waals surface area contributed by atoms with Gasteiger partial charge in [0.2, 0.25) is 0 Å². The van der Waals surface area contributed by atoms with E-state index in [0.717, 1.165) is 0 Å². The molecule has 0 spiro atoms. The minimum atomic E-state index is -8.64. The summed E-state index contributed by atoms with van der Waals surface area (Å²) in [6, 6.07) is 0. The smallest absolute Gasteiger partial charge is 0.203 e. The third-order valence-electron chi connectivity index (χ3n) is 3.72. The Morgan fingerprint density at radius 3 is 1.00 bits per heavy atom. The van der Waals surface area contributed by atoms with Crippen LogP contribution in [0.5, 0.6) is 0 Å². The molecule has 0 saturated heterocycles. The molecule has 180 valence electrons. The van der Waals surface area contributed by atoms with Crippen LogP contribution in [0.1, 0.15) is 0 Å². The maximum atomic E-state index is 13.6. The van der Waals surface area contributed by atoms with Crippen LogP contribution in [0.2, 0.25) is 6.55 Å². The fraction of sp³-hybridized carbons (Fsp3) is 0.818. The minimum absolute atomic E-state index is 0.158. The van der Waals surface area contributed by atoms with Crippen LogP contribution in [0.4, 0.5) is 74.6 Å². The van der Waals surface area contributed by atoms with E-state index in [2.05, 4.69) is 6.58 Å². The molecule has 0 rings (SSSR count). The number of hydrogen-bond donors (Lipinski definition) is 0. The molecular formula is C11H6ClF17Si. The summed E-state index contributed by atoms with van der Waals surface area (Å²) < 4.78 is 221. The Bertz CT molecular complexity index is 661. The van der Waals surface area contributed by atoms with Gasteiger partial charge in [0, 0.05) is 0 Å². The largest absolute Gasteiger partial charge is 0.460 e. The molecule has 0 heterocycles. The second-order valence-electron chi connectivity index (χ2n) is 5.80. The van der Waals surface area contributed by atoms with Gasteiger partial charge in [-0.05, 0) is 6.55 Å². The molecule has 0 aliphatic rings. The van der Waals surface area contributed by atoms with Crippen molar-refractivity contribution in [3.05, 3.63) is 12.3 Å². The van der Waals surface area contributed by atoms with Crippen LogP contribution in [0, 0.1) is 0 Å². The molecule has 19 heteroatoms. The highest BCUT2D eigenvalue weighted by atomic mass is 35.6. The topological polar surface area (TPSA) is 0 Å². The number of halogens is 18. The SMILES string of the molecule is C=C[Si](C)(Cl)C(F)(F)C(F)(F)C(F)(F)C(F)(F)C(F)(F)C(F)(F)C(F)(F)C(F)(F)F. The molecule has 0 radical (unpaired) electrons. The van der Waals surface area contributed by atoms with E-state index in [1.54, 1.807) is 0 Å². The van der Waals surface area contributed by atoms with Gasteiger partial charge in [-0.2, -0.15) is 76.9 Å². The standard InChI is InChI=1S/C11H6ClF17Si/c1-3-30(2,12)11(28,29)9(23,24)7(19,20)5(15,16)4(13,14)6(17,18)8(21,22)10(25,26)27/h3H,1H2,2H3. The Morgan fingerprint density at radius 1 is 0.533 bits per heavy atom. The maximum absolute atomic E-state index is 13.6. The molecule has 0 aliphatic carbocycles. The van der Waals surface area contributed by atoms with Crippen LogP contribution < -0.4 is 0 Å². The third kappa shape index (κ3) is 3.35. The van der Waals surface area contributed by atoms with E-state index in [9.17, 15) is 74.6 Å². The van der Waals surface area contributed by atoms with Crippen molar-refractivity contribution in [3.8, 4) is 0 Å². The Balaban J connectivity index is 6.89. The molecule has 0 amide bonds. The van der Waals surface area contributed by atoms with E-state index in [0.29, 0.717) is 0 Å². The summed E-state index contributed by atoms with van der Waals surface area (Å²) in [5.41, 5.74) is -6.92. The van der Waals surface area contributed by atoms with Crippen LogP contribution in [0.3, 0.4) is 0 Å². The summed E-state index contributed by atoms with van der Waals surface area (Å²) in [5.74, 6) is -50.0. The third-order valence-corrected chi connectivity index (χ3v) is 7.20. The Hall–Kier alpha value is -0.943. The van der Waals surface area contributed by atoms with E-state index >= 15 is 0 Å². The molecule has 1 unspecified atom stereocenters. The molecule has 30 heavy (non-hydrogen) atoms. The fourth-order valence-electron chi connectivity index (χ4n) is 1.60. The van der Waals surface area contributed by atoms with Gasteiger partial charge in [0.15, 0.2) is 0 Å². The molecule has 0 fully saturated rings. The summed E-state index contributed by atoms with van der Waals surface area (Å²) in [5, 5.41) is 0. The lowest BCUT2D eigenvalue weighted by Crippen LogP contribution is -2.76. The van der Waals surface area contributed by atoms with Gasteiger partial charge in [0.1, 0.15) is 0 Å². The van der Waals surface area contributed by atoms with Crippen molar-refractivity contribution >= 4 is 18.5 Å². The summed E-state index contributed by atoms with van der Waals surface area (Å²) in [4.78, 5) is 0. The van der Waals surface area contributed by atoms with Crippen molar-refractivity contribution in [3.63, 3.8) is 0 Å². The Labute approximate surface area is 160 Å². The summed E-state index contributed by atoms with van der Waals surface area (Å²) >= 11 is 4.80. The van der Waals surface area contributed by atoms with Crippen molar-refractivity contribution < 1.29 is 74.6 Å². The predicted molar refractivity (Wildman–Crippen MR) is 68.4 cm³/mol. The summed E-state index contributed by atoms with van der Waals surface area (Å²) in [6.45, 7) is 2.24. The first-order valence-electron chi connectivity index (χ1n) is 6.60. The number of hydrogen-bond acceptors (Lipinski definition) is 0. The molecule has 0 nitrogen and oxygen atoms in total. The lowest BCUT2D eigenvalue weighted by atomic mass is 9.91. The van der Waals surface area contributed by atoms with E-state index in [1.807, 2.05) is 0 Å². The van der Waals surface area contributed by atoms with Gasteiger partial charge in [-0.25, -0.2) is 8.78 Å². The van der Waals surface area contributed by atoms with Crippen LogP contribution in [0.15, 0.2) is 12.3 Å². The van der Waals surface area contributed by atoms with Crippen LogP contribution >= 0.6 is 11.1 Å². The van der Waals surface area contributed by atoms with E-state index < -0.39 is 54.6 Å². The van der Waals surface area contributed by atoms with Crippen molar-refractivity contribution in [2.24, 2.45) is 0 Å². The van der Waals surface area contributed by atoms with Gasteiger partial charge in [-0.1, -0.05) is 5.70 Å². The Morgan fingerprint density at radius 2 is 0.767 bits per heavy atom. The van der Waals surface area contributed by atoms with Crippen molar-refractivity contribution in [2.45, 2.75) is 53.8 Å². The van der Waals surface area contributed by atoms with Crippen molar-refractivity contribution in [2.75, 3.05) is 0 Å². The maximum Gasteiger partial charge on any atom is 0.460 e. The fourth-order valence-corrected chi connectivity index (χ4v) is 2.98. The summed E-state index contributed by atoms with van der Waals surface area (Å²) in [7, 11) is -5.82. The lowest BCUT2D eigenvalue weighted by molar-refractivity contribution is -0.458. The van der Waals surface area contributed by atoms with E-state index in [-0.39, 0.29) is 12.2 Å². The number of rotatable bonds is 8. The van der Waals surface area contributed by atoms with Crippen LogP contribution in [-0.4, -0.2) is 54.6 Å². The predicted octanol–water partition coefficient (Wildman–Crippen LogP) is 7.07. The highest BCUT2D eigenvalue weighted by Crippen LogP contribution is 2.64. The van der Waals surface area contributed by atoms with Gasteiger partial charge in [0.05, 0.1) is 0 Å². The van der Waals surface area contributed by atoms with Crippen molar-refractivity contribution in [1.82, 2.24) is 0 Å². The average molecular weight is 525 g/mol. The Kier molecular flexibility index (Phi) is 6.81. The second kappa shape index (κ2) is 7.03. The lowest BCUT2D eigenvalue weighted by Gasteiger charge is -2.44. The molecule has 0 N–H and O–H groups in total. The molecule has 0 aromatic carbocycles. The van der Waals surface area contributed by atoms with E-state index in [1.165, 1.54) is 0 Å². The van der Waals surface area contributed by atoms with Gasteiger partial charge >= 0.3 is 47.3 Å². The first-order chi connectivity index (χ1) is 12.6. The van der Waals surface area contributed by atoms with Crippen LogP contribution in [0.25, 0.3) is 0 Å². The molecule has 0 aromatic rings. The van der Waals surface area contributed by atoms with Crippen LogP contribution in [-0.2, 0) is 0 Å². The normalized spacial score (nSPS) is 18.2. The highest BCUT2D eigenvalue weighted by Gasteiger charge is 2.95. The highest BCUT2D eigenvalue weighted by molar-refractivity contribution is 7.23. The monoisotopic (exact) mass is 524 g/mol. The average Bonchev–Trinajstić information content (AvgIpc) is 2.52. The van der Waals surface area contributed by atoms with Gasteiger partial charge < -0.3 is 0 Å². The zero-order valence-electron chi connectivity index (χ0n) is 13.6. The molecule has 0 aliphatic heterocycles. The molecule has 0 saturated carbocycles. The first-order valence-corrected chi connectivity index (χ1v) is 10.2. The van der Waals surface area contributed by atoms with Gasteiger partial charge in [-0.15, -0.1) is 6.58 Å². The molecule has 0 bridgehead atoms. The molecule has 0 aromatic heterocycles. The van der Waals surface area contributed by atoms with Gasteiger partial charge in [-0.3, -0.25) is 0 Å². The minimum Gasteiger partial charge on any atom is -0.203 e. The van der Waals surface area contributed by atoms with Gasteiger partial charge in [0.25, 0.3) is 7.38 Å². The molecular weight excluding hydrogens is 519 g/mol. The zero-order valence-corrected chi connectivity index (χ0v) is 15.3. The second-order valence-corrected chi connectivity index (χ2v) is 11.3.